The number of aromatic nitrogens is 2. The van der Waals surface area contributed by atoms with Gasteiger partial charge in [-0.3, -0.25) is 0 Å². The van der Waals surface area contributed by atoms with Crippen molar-refractivity contribution in [3.8, 4) is 11.5 Å². The van der Waals surface area contributed by atoms with E-state index in [1.807, 2.05) is 18.2 Å². The molecule has 136 valence electrons. The SMILES string of the molecule is CN(CCc1noc(-c2ccc(Cl)cc2)n1)S(=O)(=O)Cc1ccccc1. The van der Waals surface area contributed by atoms with Crippen LogP contribution in [0.15, 0.2) is 59.1 Å². The minimum absolute atomic E-state index is 0.0351. The molecule has 0 radical (unpaired) electrons. The van der Waals surface area contributed by atoms with Crippen LogP contribution in [0.5, 0.6) is 0 Å². The second-order valence-corrected chi connectivity index (χ2v) is 8.35. The zero-order chi connectivity index (χ0) is 18.6. The van der Waals surface area contributed by atoms with Gasteiger partial charge in [0.15, 0.2) is 5.82 Å². The van der Waals surface area contributed by atoms with Crippen LogP contribution in [0.25, 0.3) is 11.5 Å². The number of halogens is 1. The molecular formula is C18H18ClN3O3S. The summed E-state index contributed by atoms with van der Waals surface area (Å²) in [6.07, 6.45) is 0.363. The summed E-state index contributed by atoms with van der Waals surface area (Å²) >= 11 is 5.86. The third-order valence-electron chi connectivity index (χ3n) is 3.88. The van der Waals surface area contributed by atoms with Crippen molar-refractivity contribution in [1.82, 2.24) is 14.4 Å². The van der Waals surface area contributed by atoms with Gasteiger partial charge in [-0.15, -0.1) is 0 Å². The van der Waals surface area contributed by atoms with Gasteiger partial charge in [0.25, 0.3) is 5.89 Å². The normalized spacial score (nSPS) is 11.8. The van der Waals surface area contributed by atoms with Crippen molar-refractivity contribution in [2.45, 2.75) is 12.2 Å². The lowest BCUT2D eigenvalue weighted by Gasteiger charge is -2.16. The molecule has 0 saturated carbocycles. The maximum absolute atomic E-state index is 12.4. The zero-order valence-electron chi connectivity index (χ0n) is 14.2. The fraction of sp³-hybridized carbons (Fsp3) is 0.222. The zero-order valence-corrected chi connectivity index (χ0v) is 15.7. The second kappa shape index (κ2) is 7.99. The van der Waals surface area contributed by atoms with E-state index in [4.69, 9.17) is 16.1 Å². The largest absolute Gasteiger partial charge is 0.334 e. The third kappa shape index (κ3) is 4.69. The smallest absolute Gasteiger partial charge is 0.257 e. The van der Waals surface area contributed by atoms with Gasteiger partial charge in [0.1, 0.15) is 0 Å². The van der Waals surface area contributed by atoms with E-state index in [2.05, 4.69) is 10.1 Å². The molecule has 0 aliphatic heterocycles. The molecular weight excluding hydrogens is 374 g/mol. The molecule has 8 heteroatoms. The lowest BCUT2D eigenvalue weighted by molar-refractivity contribution is 0.415. The van der Waals surface area contributed by atoms with Crippen LogP contribution >= 0.6 is 11.6 Å². The molecule has 0 fully saturated rings. The van der Waals surface area contributed by atoms with E-state index in [1.54, 1.807) is 43.4 Å². The van der Waals surface area contributed by atoms with Gasteiger partial charge in [0.05, 0.1) is 5.75 Å². The van der Waals surface area contributed by atoms with Crippen LogP contribution in [-0.4, -0.2) is 36.5 Å². The van der Waals surface area contributed by atoms with Crippen molar-refractivity contribution in [2.24, 2.45) is 0 Å². The van der Waals surface area contributed by atoms with Gasteiger partial charge < -0.3 is 4.52 Å². The first-order valence-electron chi connectivity index (χ1n) is 8.00. The average molecular weight is 392 g/mol. The van der Waals surface area contributed by atoms with Crippen LogP contribution in [0.3, 0.4) is 0 Å². The summed E-state index contributed by atoms with van der Waals surface area (Å²) in [5.74, 6) is 0.801. The van der Waals surface area contributed by atoms with E-state index in [0.717, 1.165) is 11.1 Å². The number of hydrogen-bond donors (Lipinski definition) is 0. The first kappa shape index (κ1) is 18.6. The first-order chi connectivity index (χ1) is 12.4. The predicted octanol–water partition coefficient (Wildman–Crippen LogP) is 3.39. The van der Waals surface area contributed by atoms with Crippen LogP contribution in [0.2, 0.25) is 5.02 Å². The summed E-state index contributed by atoms with van der Waals surface area (Å²) in [7, 11) is -1.85. The Morgan fingerprint density at radius 2 is 1.77 bits per heavy atom. The Hall–Kier alpha value is -2.22. The van der Waals surface area contributed by atoms with Crippen molar-refractivity contribution in [3.05, 3.63) is 71.0 Å². The molecule has 0 bridgehead atoms. The van der Waals surface area contributed by atoms with Crippen molar-refractivity contribution < 1.29 is 12.9 Å². The number of rotatable bonds is 7. The average Bonchev–Trinajstić information content (AvgIpc) is 3.09. The number of likely N-dealkylation sites (N-methyl/N-ethyl adjacent to an activating group) is 1. The Bertz CT molecular complexity index is 957. The standard InChI is InChI=1S/C18H18ClN3O3S/c1-22(26(23,24)13-14-5-3-2-4-6-14)12-11-17-20-18(25-21-17)15-7-9-16(19)10-8-15/h2-10H,11-13H2,1H3. The minimum atomic E-state index is -3.40. The molecule has 1 heterocycles. The van der Waals surface area contributed by atoms with E-state index >= 15 is 0 Å². The lowest BCUT2D eigenvalue weighted by atomic mass is 10.2. The van der Waals surface area contributed by atoms with Crippen molar-refractivity contribution in [3.63, 3.8) is 0 Å². The topological polar surface area (TPSA) is 76.3 Å². The van der Waals surface area contributed by atoms with Gasteiger partial charge in [-0.1, -0.05) is 47.1 Å². The summed E-state index contributed by atoms with van der Waals surface area (Å²) in [6.45, 7) is 0.273. The van der Waals surface area contributed by atoms with Gasteiger partial charge >= 0.3 is 0 Å². The predicted molar refractivity (Wildman–Crippen MR) is 100 cm³/mol. The highest BCUT2D eigenvalue weighted by Crippen LogP contribution is 2.20. The summed E-state index contributed by atoms with van der Waals surface area (Å²) in [6, 6.07) is 16.1. The summed E-state index contributed by atoms with van der Waals surface area (Å²) in [5.41, 5.74) is 1.52. The van der Waals surface area contributed by atoms with Crippen molar-refractivity contribution in [1.29, 1.82) is 0 Å². The van der Waals surface area contributed by atoms with Crippen LogP contribution in [0.4, 0.5) is 0 Å². The maximum atomic E-state index is 12.4. The van der Waals surface area contributed by atoms with Crippen LogP contribution in [0, 0.1) is 0 Å². The van der Waals surface area contributed by atoms with Gasteiger partial charge in [0, 0.05) is 30.6 Å². The van der Waals surface area contributed by atoms with Gasteiger partial charge in [0.2, 0.25) is 10.0 Å². The summed E-state index contributed by atoms with van der Waals surface area (Å²) in [5, 5.41) is 4.54. The highest BCUT2D eigenvalue weighted by atomic mass is 35.5. The Balaban J connectivity index is 1.61. The van der Waals surface area contributed by atoms with Crippen LogP contribution < -0.4 is 0 Å². The second-order valence-electron chi connectivity index (χ2n) is 5.84. The number of benzene rings is 2. The van der Waals surface area contributed by atoms with Crippen molar-refractivity contribution in [2.75, 3.05) is 13.6 Å². The first-order valence-corrected chi connectivity index (χ1v) is 9.99. The van der Waals surface area contributed by atoms with Gasteiger partial charge in [-0.2, -0.15) is 4.98 Å². The molecule has 0 N–H and O–H groups in total. The molecule has 0 spiro atoms. The van der Waals surface area contributed by atoms with E-state index < -0.39 is 10.0 Å². The molecule has 2 aromatic carbocycles. The summed E-state index contributed by atoms with van der Waals surface area (Å²) < 4.78 is 31.4. The number of nitrogens with zero attached hydrogens (tertiary/aromatic N) is 3. The van der Waals surface area contributed by atoms with Gasteiger partial charge in [-0.25, -0.2) is 12.7 Å². The lowest BCUT2D eigenvalue weighted by Crippen LogP contribution is -2.30. The fourth-order valence-corrected chi connectivity index (χ4v) is 3.69. The molecule has 3 rings (SSSR count). The highest BCUT2D eigenvalue weighted by molar-refractivity contribution is 7.88. The quantitative estimate of drug-likeness (QED) is 0.617. The van der Waals surface area contributed by atoms with E-state index in [-0.39, 0.29) is 12.3 Å². The Morgan fingerprint density at radius 1 is 1.08 bits per heavy atom. The monoisotopic (exact) mass is 391 g/mol. The number of sulfonamides is 1. The molecule has 1 aromatic heterocycles. The highest BCUT2D eigenvalue weighted by Gasteiger charge is 2.19. The minimum Gasteiger partial charge on any atom is -0.334 e. The van der Waals surface area contributed by atoms with E-state index in [9.17, 15) is 8.42 Å². The van der Waals surface area contributed by atoms with Crippen molar-refractivity contribution >= 4 is 21.6 Å². The fourth-order valence-electron chi connectivity index (χ4n) is 2.36. The van der Waals surface area contributed by atoms with Crippen LogP contribution in [0.1, 0.15) is 11.4 Å². The van der Waals surface area contributed by atoms with E-state index in [0.29, 0.717) is 23.2 Å². The Kier molecular flexibility index (Phi) is 5.70. The molecule has 0 unspecified atom stereocenters. The molecule has 3 aromatic rings. The molecule has 0 aliphatic carbocycles. The number of hydrogen-bond acceptors (Lipinski definition) is 5. The maximum Gasteiger partial charge on any atom is 0.257 e. The molecule has 0 atom stereocenters. The molecule has 0 aliphatic rings. The summed E-state index contributed by atoms with van der Waals surface area (Å²) in [4.78, 5) is 4.31. The molecule has 0 amide bonds. The van der Waals surface area contributed by atoms with Gasteiger partial charge in [-0.05, 0) is 29.8 Å². The molecule has 26 heavy (non-hydrogen) atoms. The Labute approximate surface area is 157 Å². The Morgan fingerprint density at radius 3 is 2.46 bits per heavy atom. The molecule has 6 nitrogen and oxygen atoms in total. The molecule has 0 saturated heterocycles. The van der Waals surface area contributed by atoms with E-state index in [1.165, 1.54) is 4.31 Å². The van der Waals surface area contributed by atoms with Crippen LogP contribution in [-0.2, 0) is 22.2 Å². The third-order valence-corrected chi connectivity index (χ3v) is 5.96.